The van der Waals surface area contributed by atoms with Gasteiger partial charge in [0.15, 0.2) is 0 Å². The van der Waals surface area contributed by atoms with Crippen molar-refractivity contribution in [3.05, 3.63) is 0 Å². The Balaban J connectivity index is 1.80. The molecule has 0 amide bonds. The molecule has 2 aliphatic rings. The first-order valence-corrected chi connectivity index (χ1v) is 5.95. The molecule has 2 heterocycles. The fourth-order valence-electron chi connectivity index (χ4n) is 1.76. The van der Waals surface area contributed by atoms with Crippen LogP contribution in [0.1, 0.15) is 19.3 Å². The van der Waals surface area contributed by atoms with Crippen molar-refractivity contribution in [3.63, 3.8) is 0 Å². The van der Waals surface area contributed by atoms with Crippen molar-refractivity contribution in [3.8, 4) is 0 Å². The molecule has 0 saturated carbocycles. The van der Waals surface area contributed by atoms with Gasteiger partial charge in [0.25, 0.3) is 5.92 Å². The lowest BCUT2D eigenvalue weighted by Crippen LogP contribution is -2.61. The second-order valence-corrected chi connectivity index (χ2v) is 5.37. The summed E-state index contributed by atoms with van der Waals surface area (Å²) >= 11 is -1.32. The molecule has 1 unspecified atom stereocenters. The molecule has 0 spiro atoms. The minimum Gasteiger partial charge on any atom is -0.578 e. The molecule has 0 radical (unpaired) electrons. The van der Waals surface area contributed by atoms with Gasteiger partial charge in [0.1, 0.15) is 24.6 Å². The average Bonchev–Trinajstić information content (AvgIpc) is 2.14. The van der Waals surface area contributed by atoms with Crippen molar-refractivity contribution in [1.29, 1.82) is 0 Å². The van der Waals surface area contributed by atoms with Crippen LogP contribution in [0, 0.1) is 0 Å². The van der Waals surface area contributed by atoms with Gasteiger partial charge in [-0.05, 0) is 12.8 Å². The maximum atomic E-state index is 12.5. The third kappa shape index (κ3) is 2.18. The Morgan fingerprint density at radius 2 is 1.57 bits per heavy atom. The quantitative estimate of drug-likeness (QED) is 0.655. The summed E-state index contributed by atoms with van der Waals surface area (Å²) in [6, 6.07) is 0. The first kappa shape index (κ1) is 10.6. The van der Waals surface area contributed by atoms with Crippen LogP contribution >= 0.6 is 0 Å². The summed E-state index contributed by atoms with van der Waals surface area (Å²) < 4.78 is 39.9. The van der Waals surface area contributed by atoms with E-state index in [0.717, 1.165) is 32.4 Å². The number of halogens is 2. The first-order chi connectivity index (χ1) is 6.58. The lowest BCUT2D eigenvalue weighted by molar-refractivity contribution is -0.0965. The van der Waals surface area contributed by atoms with Crippen LogP contribution in [0.2, 0.25) is 0 Å². The van der Waals surface area contributed by atoms with E-state index in [9.17, 15) is 13.3 Å². The summed E-state index contributed by atoms with van der Waals surface area (Å²) in [5.41, 5.74) is 0. The lowest BCUT2D eigenvalue weighted by atomic mass is 10.2. The summed E-state index contributed by atoms with van der Waals surface area (Å²) in [6.45, 7) is 0.843. The number of nitrogens with zero attached hydrogens (tertiary/aromatic N) is 2. The monoisotopic (exact) mass is 224 g/mol. The summed E-state index contributed by atoms with van der Waals surface area (Å²) in [4.78, 5) is 0. The predicted octanol–water partition coefficient (Wildman–Crippen LogP) is 1.00. The van der Waals surface area contributed by atoms with E-state index in [2.05, 4.69) is 0 Å². The number of rotatable bonds is 2. The normalized spacial score (nSPS) is 31.1. The molecule has 1 atom stereocenters. The van der Waals surface area contributed by atoms with E-state index in [4.69, 9.17) is 0 Å². The Morgan fingerprint density at radius 1 is 1.00 bits per heavy atom. The zero-order valence-electron chi connectivity index (χ0n) is 7.92. The van der Waals surface area contributed by atoms with Crippen molar-refractivity contribution in [2.75, 3.05) is 26.2 Å². The zero-order valence-corrected chi connectivity index (χ0v) is 8.73. The molecule has 2 rings (SSSR count). The molecule has 2 saturated heterocycles. The topological polar surface area (TPSA) is 29.5 Å². The van der Waals surface area contributed by atoms with Gasteiger partial charge in [0.05, 0.1) is 0 Å². The molecule has 2 aliphatic heterocycles. The minimum atomic E-state index is -2.62. The fourth-order valence-corrected chi connectivity index (χ4v) is 3.26. The van der Waals surface area contributed by atoms with Gasteiger partial charge in [-0.2, -0.15) is 0 Å². The highest BCUT2D eigenvalue weighted by molar-refractivity contribution is 7.86. The van der Waals surface area contributed by atoms with Crippen LogP contribution in [0.5, 0.6) is 0 Å². The molecular weight excluding hydrogens is 210 g/mol. The van der Waals surface area contributed by atoms with Crippen LogP contribution in [0.15, 0.2) is 0 Å². The molecule has 3 nitrogen and oxygen atoms in total. The third-order valence-electron chi connectivity index (χ3n) is 2.57. The van der Waals surface area contributed by atoms with Gasteiger partial charge >= 0.3 is 0 Å². The molecule has 6 heteroatoms. The Morgan fingerprint density at radius 3 is 2.07 bits per heavy atom. The maximum absolute atomic E-state index is 12.5. The number of hydrogen-bond acceptors (Lipinski definition) is 3. The van der Waals surface area contributed by atoms with E-state index in [1.54, 1.807) is 4.31 Å². The standard InChI is InChI=1S/C8H14F2N2OS/c9-8(10)6-12(7-8)14(13)11-4-2-1-3-5-11/h1-7H2. The van der Waals surface area contributed by atoms with Gasteiger partial charge in [0, 0.05) is 13.1 Å². The molecule has 14 heavy (non-hydrogen) atoms. The van der Waals surface area contributed by atoms with Gasteiger partial charge in [-0.25, -0.2) is 8.78 Å². The van der Waals surface area contributed by atoms with Gasteiger partial charge in [-0.3, -0.25) is 0 Å². The first-order valence-electron chi connectivity index (χ1n) is 4.88. The highest BCUT2D eigenvalue weighted by atomic mass is 32.2. The maximum Gasteiger partial charge on any atom is 0.281 e. The number of piperidine rings is 1. The van der Waals surface area contributed by atoms with Crippen LogP contribution in [-0.4, -0.2) is 45.3 Å². The molecule has 0 bridgehead atoms. The molecule has 2 fully saturated rings. The highest BCUT2D eigenvalue weighted by Crippen LogP contribution is 2.31. The smallest absolute Gasteiger partial charge is 0.281 e. The lowest BCUT2D eigenvalue weighted by Gasteiger charge is -2.40. The largest absolute Gasteiger partial charge is 0.578 e. The Kier molecular flexibility index (Phi) is 2.97. The van der Waals surface area contributed by atoms with E-state index in [0.29, 0.717) is 0 Å². The van der Waals surface area contributed by atoms with Crippen molar-refractivity contribution in [1.82, 2.24) is 8.61 Å². The van der Waals surface area contributed by atoms with Crippen molar-refractivity contribution < 1.29 is 13.3 Å². The molecule has 0 N–H and O–H groups in total. The summed E-state index contributed by atoms with van der Waals surface area (Å²) in [5, 5.41) is 0. The second kappa shape index (κ2) is 3.92. The Bertz CT molecular complexity index is 204. The van der Waals surface area contributed by atoms with Gasteiger partial charge in [-0.1, -0.05) is 10.7 Å². The molecule has 82 valence electrons. The molecule has 0 aromatic heterocycles. The van der Waals surface area contributed by atoms with Crippen molar-refractivity contribution in [2.24, 2.45) is 0 Å². The third-order valence-corrected chi connectivity index (χ3v) is 4.08. The Labute approximate surface area is 85.5 Å². The SMILES string of the molecule is [O-][S+](N1CCCCC1)N1CC(F)(F)C1. The zero-order chi connectivity index (χ0) is 10.2. The van der Waals surface area contributed by atoms with Crippen LogP contribution < -0.4 is 0 Å². The average molecular weight is 224 g/mol. The van der Waals surface area contributed by atoms with Gasteiger partial charge in [-0.15, -0.1) is 4.31 Å². The summed E-state index contributed by atoms with van der Waals surface area (Å²) in [5.74, 6) is -2.62. The van der Waals surface area contributed by atoms with Crippen LogP contribution in [-0.2, 0) is 11.5 Å². The number of alkyl halides is 2. The molecule has 0 aliphatic carbocycles. The van der Waals surface area contributed by atoms with Crippen LogP contribution in [0.4, 0.5) is 8.78 Å². The van der Waals surface area contributed by atoms with E-state index in [1.165, 1.54) is 4.31 Å². The van der Waals surface area contributed by atoms with E-state index in [-0.39, 0.29) is 13.1 Å². The predicted molar refractivity (Wildman–Crippen MR) is 50.1 cm³/mol. The summed E-state index contributed by atoms with van der Waals surface area (Å²) in [7, 11) is 0. The van der Waals surface area contributed by atoms with Gasteiger partial charge < -0.3 is 4.55 Å². The Hall–Kier alpha value is 0.0900. The van der Waals surface area contributed by atoms with Crippen LogP contribution in [0.25, 0.3) is 0 Å². The minimum absolute atomic E-state index is 0.351. The van der Waals surface area contributed by atoms with E-state index < -0.39 is 17.5 Å². The van der Waals surface area contributed by atoms with E-state index in [1.807, 2.05) is 0 Å². The molecule has 0 aromatic carbocycles. The number of hydrogen-bond donors (Lipinski definition) is 0. The summed E-state index contributed by atoms with van der Waals surface area (Å²) in [6.07, 6.45) is 3.20. The highest BCUT2D eigenvalue weighted by Gasteiger charge is 2.52. The van der Waals surface area contributed by atoms with Crippen LogP contribution in [0.3, 0.4) is 0 Å². The van der Waals surface area contributed by atoms with E-state index >= 15 is 0 Å². The van der Waals surface area contributed by atoms with Gasteiger partial charge in [0.2, 0.25) is 0 Å². The molecular formula is C8H14F2N2OS. The van der Waals surface area contributed by atoms with Crippen molar-refractivity contribution in [2.45, 2.75) is 25.2 Å². The fraction of sp³-hybridized carbons (Fsp3) is 1.00. The molecule has 0 aromatic rings. The van der Waals surface area contributed by atoms with Crippen molar-refractivity contribution >= 4 is 11.5 Å². The second-order valence-electron chi connectivity index (χ2n) is 3.87.